The fourth-order valence-electron chi connectivity index (χ4n) is 2.08. The number of benzene rings is 2. The molecule has 0 N–H and O–H groups in total. The average Bonchev–Trinajstić information content (AvgIpc) is 2.36. The number of carbonyl (C=O) groups excluding carboxylic acids is 1. The van der Waals surface area contributed by atoms with Crippen LogP contribution in [0.1, 0.15) is 10.4 Å². The van der Waals surface area contributed by atoms with E-state index in [4.69, 9.17) is 11.8 Å². The topological polar surface area (TPSA) is 17.1 Å². The summed E-state index contributed by atoms with van der Waals surface area (Å²) < 4.78 is 0. The highest BCUT2D eigenvalue weighted by atomic mass is 32.4. The molecule has 0 aromatic heterocycles. The quantitative estimate of drug-likeness (QED) is 0.663. The van der Waals surface area contributed by atoms with Gasteiger partial charge in [-0.1, -0.05) is 60.3 Å². The number of fused-ring (bicyclic) bond motifs is 3. The molecule has 78 valence electrons. The Morgan fingerprint density at radius 2 is 1.38 bits per heavy atom. The van der Waals surface area contributed by atoms with E-state index in [0.29, 0.717) is 0 Å². The van der Waals surface area contributed by atoms with E-state index in [9.17, 15) is 4.79 Å². The Labute approximate surface area is 99.5 Å². The van der Waals surface area contributed by atoms with Gasteiger partial charge in [-0.05, 0) is 16.4 Å². The van der Waals surface area contributed by atoms with Crippen LogP contribution >= 0.6 is 6.70 Å². The van der Waals surface area contributed by atoms with Gasteiger partial charge in [0.05, 0.1) is 0 Å². The predicted molar refractivity (Wildman–Crippen MR) is 71.5 cm³/mol. The number of carbonyl (C=O) groups is 1. The molecular formula is C13H9OPS. The fourth-order valence-corrected chi connectivity index (χ4v) is 4.36. The van der Waals surface area contributed by atoms with Gasteiger partial charge in [-0.2, -0.15) is 0 Å². The van der Waals surface area contributed by atoms with E-state index in [1.54, 1.807) is 0 Å². The summed E-state index contributed by atoms with van der Waals surface area (Å²) in [6.45, 7) is -1.49. The Kier molecular flexibility index (Phi) is 2.27. The molecule has 0 fully saturated rings. The van der Waals surface area contributed by atoms with Crippen LogP contribution in [0, 0.1) is 0 Å². The molecule has 1 aliphatic rings. The van der Waals surface area contributed by atoms with Crippen LogP contribution in [0.4, 0.5) is 0 Å². The SMILES string of the molecule is O=C1c2ccccc2-c2ccccc2[PH]1=S. The van der Waals surface area contributed by atoms with Crippen molar-refractivity contribution >= 4 is 29.3 Å². The van der Waals surface area contributed by atoms with Crippen LogP contribution in [0.5, 0.6) is 0 Å². The van der Waals surface area contributed by atoms with Gasteiger partial charge in [0.2, 0.25) is 0 Å². The third kappa shape index (κ3) is 1.31. The molecule has 0 spiro atoms. The van der Waals surface area contributed by atoms with Crippen LogP contribution in [-0.4, -0.2) is 5.52 Å². The Hall–Kier alpha value is -1.24. The molecule has 16 heavy (non-hydrogen) atoms. The van der Waals surface area contributed by atoms with Crippen molar-refractivity contribution in [3.63, 3.8) is 0 Å². The molecule has 1 aliphatic heterocycles. The van der Waals surface area contributed by atoms with Crippen molar-refractivity contribution < 1.29 is 4.79 Å². The highest BCUT2D eigenvalue weighted by Gasteiger charge is 2.24. The van der Waals surface area contributed by atoms with E-state index in [1.807, 2.05) is 42.5 Å². The van der Waals surface area contributed by atoms with Crippen molar-refractivity contribution in [2.45, 2.75) is 0 Å². The summed E-state index contributed by atoms with van der Waals surface area (Å²) in [5.41, 5.74) is 3.11. The van der Waals surface area contributed by atoms with E-state index < -0.39 is 6.70 Å². The molecule has 1 heterocycles. The van der Waals surface area contributed by atoms with Crippen LogP contribution in [0.3, 0.4) is 0 Å². The summed E-state index contributed by atoms with van der Waals surface area (Å²) in [5, 5.41) is 1.06. The number of hydrogen-bond acceptors (Lipinski definition) is 2. The maximum atomic E-state index is 12.1. The normalized spacial score (nSPS) is 17.8. The molecule has 0 aliphatic carbocycles. The Morgan fingerprint density at radius 1 is 0.812 bits per heavy atom. The highest BCUT2D eigenvalue weighted by molar-refractivity contribution is 8.16. The second-order valence-electron chi connectivity index (χ2n) is 3.75. The lowest BCUT2D eigenvalue weighted by molar-refractivity contribution is 0.108. The first kappa shape index (κ1) is 9.95. The number of hydrogen-bond donors (Lipinski definition) is 0. The molecule has 2 aromatic rings. The van der Waals surface area contributed by atoms with Crippen LogP contribution < -0.4 is 5.30 Å². The summed E-state index contributed by atoms with van der Waals surface area (Å²) in [4.78, 5) is 12.1. The van der Waals surface area contributed by atoms with Crippen LogP contribution in [0.25, 0.3) is 11.1 Å². The first-order chi connectivity index (χ1) is 7.79. The molecule has 3 heteroatoms. The molecule has 0 saturated carbocycles. The van der Waals surface area contributed by atoms with Gasteiger partial charge in [0.1, 0.15) is 0 Å². The van der Waals surface area contributed by atoms with Crippen molar-refractivity contribution in [1.29, 1.82) is 0 Å². The molecule has 0 amide bonds. The maximum absolute atomic E-state index is 12.1. The van der Waals surface area contributed by atoms with Crippen molar-refractivity contribution in [1.82, 2.24) is 0 Å². The summed E-state index contributed by atoms with van der Waals surface area (Å²) in [5.74, 6) is 0. The zero-order valence-corrected chi connectivity index (χ0v) is 10.3. The molecule has 1 nitrogen and oxygen atoms in total. The lowest BCUT2D eigenvalue weighted by atomic mass is 10.00. The van der Waals surface area contributed by atoms with Gasteiger partial charge in [-0.15, -0.1) is 0 Å². The van der Waals surface area contributed by atoms with Gasteiger partial charge in [0.15, 0.2) is 5.52 Å². The highest BCUT2D eigenvalue weighted by Crippen LogP contribution is 2.39. The molecule has 1 atom stereocenters. The van der Waals surface area contributed by atoms with Crippen molar-refractivity contribution in [2.24, 2.45) is 0 Å². The van der Waals surface area contributed by atoms with Crippen LogP contribution in [-0.2, 0) is 11.8 Å². The predicted octanol–water partition coefficient (Wildman–Crippen LogP) is 2.81. The lowest BCUT2D eigenvalue weighted by Crippen LogP contribution is -2.14. The van der Waals surface area contributed by atoms with E-state index in [0.717, 1.165) is 22.0 Å². The second kappa shape index (κ2) is 3.65. The molecule has 0 bridgehead atoms. The molecule has 1 unspecified atom stereocenters. The minimum Gasteiger partial charge on any atom is -0.288 e. The number of rotatable bonds is 0. The zero-order chi connectivity index (χ0) is 11.1. The van der Waals surface area contributed by atoms with Gasteiger partial charge in [0.25, 0.3) is 0 Å². The average molecular weight is 244 g/mol. The first-order valence-corrected chi connectivity index (χ1v) is 7.70. The first-order valence-electron chi connectivity index (χ1n) is 5.06. The Balaban J connectivity index is 2.41. The molecule has 3 rings (SSSR count). The van der Waals surface area contributed by atoms with E-state index in [2.05, 4.69) is 6.07 Å². The Bertz CT molecular complexity index is 563. The minimum absolute atomic E-state index is 0.148. The molecular weight excluding hydrogens is 235 g/mol. The largest absolute Gasteiger partial charge is 0.288 e. The smallest absolute Gasteiger partial charge is 0.195 e. The van der Waals surface area contributed by atoms with Crippen LogP contribution in [0.15, 0.2) is 48.5 Å². The zero-order valence-electron chi connectivity index (χ0n) is 8.44. The lowest BCUT2D eigenvalue weighted by Gasteiger charge is -2.19. The minimum atomic E-state index is -1.49. The van der Waals surface area contributed by atoms with Gasteiger partial charge in [0, 0.05) is 12.3 Å². The van der Waals surface area contributed by atoms with Crippen molar-refractivity contribution in [3.8, 4) is 11.1 Å². The van der Waals surface area contributed by atoms with E-state index in [-0.39, 0.29) is 5.52 Å². The Morgan fingerprint density at radius 3 is 2.12 bits per heavy atom. The van der Waals surface area contributed by atoms with Gasteiger partial charge >= 0.3 is 0 Å². The van der Waals surface area contributed by atoms with Crippen LogP contribution in [0.2, 0.25) is 0 Å². The van der Waals surface area contributed by atoms with E-state index >= 15 is 0 Å². The summed E-state index contributed by atoms with van der Waals surface area (Å²) in [6, 6.07) is 15.7. The third-order valence-corrected chi connectivity index (χ3v) is 5.66. The molecule has 0 saturated heterocycles. The monoisotopic (exact) mass is 244 g/mol. The molecule has 2 aromatic carbocycles. The summed E-state index contributed by atoms with van der Waals surface area (Å²) in [7, 11) is 0. The van der Waals surface area contributed by atoms with Gasteiger partial charge < -0.3 is 0 Å². The standard InChI is InChI=1S/C13H9OPS/c14-13-11-7-2-1-5-9(11)10-6-3-4-8-12(10)15(13)16/h1-8,15H. The maximum Gasteiger partial charge on any atom is 0.195 e. The second-order valence-corrected chi connectivity index (χ2v) is 6.63. The van der Waals surface area contributed by atoms with Crippen molar-refractivity contribution in [3.05, 3.63) is 54.1 Å². The van der Waals surface area contributed by atoms with Crippen molar-refractivity contribution in [2.75, 3.05) is 0 Å². The third-order valence-electron chi connectivity index (χ3n) is 2.84. The van der Waals surface area contributed by atoms with Gasteiger partial charge in [-0.3, -0.25) is 4.79 Å². The summed E-state index contributed by atoms with van der Waals surface area (Å²) >= 11 is 5.40. The van der Waals surface area contributed by atoms with Gasteiger partial charge in [-0.25, -0.2) is 0 Å². The van der Waals surface area contributed by atoms with E-state index in [1.165, 1.54) is 0 Å². The molecule has 0 radical (unpaired) electrons. The fraction of sp³-hybridized carbons (Fsp3) is 0. The summed E-state index contributed by atoms with van der Waals surface area (Å²) in [6.07, 6.45) is 0.